The Morgan fingerprint density at radius 1 is 1.42 bits per heavy atom. The Balaban J connectivity index is 2.10. The summed E-state index contributed by atoms with van der Waals surface area (Å²) >= 11 is 0. The average molecular weight is 262 g/mol. The summed E-state index contributed by atoms with van der Waals surface area (Å²) in [6, 6.07) is 8.26. The van der Waals surface area contributed by atoms with Gasteiger partial charge in [0, 0.05) is 5.92 Å². The first-order valence-corrected chi connectivity index (χ1v) is 7.01. The first-order chi connectivity index (χ1) is 9.06. The van der Waals surface area contributed by atoms with Crippen molar-refractivity contribution in [2.45, 2.75) is 45.1 Å². The molecule has 0 bridgehead atoms. The molecule has 3 nitrogen and oxygen atoms in total. The second-order valence-corrected chi connectivity index (χ2v) is 5.42. The van der Waals surface area contributed by atoms with Gasteiger partial charge in [-0.1, -0.05) is 29.8 Å². The summed E-state index contributed by atoms with van der Waals surface area (Å²) in [7, 11) is 0. The van der Waals surface area contributed by atoms with Crippen molar-refractivity contribution in [2.24, 2.45) is 5.92 Å². The Kier molecular flexibility index (Phi) is 4.25. The number of carbonyl (C=O) groups excluding carboxylic acids is 1. The van der Waals surface area contributed by atoms with Crippen molar-refractivity contribution in [3.05, 3.63) is 35.4 Å². The van der Waals surface area contributed by atoms with Gasteiger partial charge in [-0.05, 0) is 45.1 Å². The van der Waals surface area contributed by atoms with Crippen LogP contribution in [0.2, 0.25) is 0 Å². The van der Waals surface area contributed by atoms with Gasteiger partial charge in [-0.15, -0.1) is 0 Å². The minimum absolute atomic E-state index is 0.0331. The topological polar surface area (TPSA) is 46.5 Å². The molecule has 1 fully saturated rings. The number of hydrogen-bond donors (Lipinski definition) is 1. The molecule has 19 heavy (non-hydrogen) atoms. The van der Waals surface area contributed by atoms with Crippen LogP contribution in [0.4, 0.5) is 0 Å². The van der Waals surface area contributed by atoms with E-state index in [0.29, 0.717) is 13.0 Å². The molecule has 0 amide bonds. The third-order valence-corrected chi connectivity index (χ3v) is 4.02. The van der Waals surface area contributed by atoms with Crippen LogP contribution in [0.1, 0.15) is 37.3 Å². The molecule has 1 N–H and O–H groups in total. The van der Waals surface area contributed by atoms with Crippen LogP contribution in [-0.2, 0) is 16.0 Å². The van der Waals surface area contributed by atoms with Crippen molar-refractivity contribution in [1.82, 2.24) is 0 Å². The van der Waals surface area contributed by atoms with Gasteiger partial charge in [0.2, 0.25) is 0 Å². The standard InChI is InChI=1S/C16H22O3/c1-3-19-15(17)16(18)10-4-5-14(16)11-13-8-6-12(2)7-9-13/h6-9,14,18H,3-5,10-11H2,1-2H3. The van der Waals surface area contributed by atoms with Gasteiger partial charge in [0.05, 0.1) is 6.61 Å². The molecule has 2 rings (SSSR count). The highest BCUT2D eigenvalue weighted by molar-refractivity contribution is 5.80. The maximum Gasteiger partial charge on any atom is 0.338 e. The molecule has 1 aliphatic rings. The molecule has 3 heteroatoms. The van der Waals surface area contributed by atoms with Gasteiger partial charge >= 0.3 is 5.97 Å². The third kappa shape index (κ3) is 2.98. The monoisotopic (exact) mass is 262 g/mol. The lowest BCUT2D eigenvalue weighted by Crippen LogP contribution is -2.44. The van der Waals surface area contributed by atoms with Gasteiger partial charge in [-0.25, -0.2) is 4.79 Å². The van der Waals surface area contributed by atoms with Gasteiger partial charge < -0.3 is 9.84 Å². The summed E-state index contributed by atoms with van der Waals surface area (Å²) in [5.41, 5.74) is 1.09. The van der Waals surface area contributed by atoms with Crippen molar-refractivity contribution in [1.29, 1.82) is 0 Å². The van der Waals surface area contributed by atoms with E-state index in [0.717, 1.165) is 19.3 Å². The molecule has 2 atom stereocenters. The number of aliphatic hydroxyl groups is 1. The highest BCUT2D eigenvalue weighted by atomic mass is 16.5. The van der Waals surface area contributed by atoms with Crippen LogP contribution in [-0.4, -0.2) is 23.3 Å². The highest BCUT2D eigenvalue weighted by Gasteiger charge is 2.48. The van der Waals surface area contributed by atoms with Crippen LogP contribution < -0.4 is 0 Å². The molecular formula is C16H22O3. The molecule has 0 radical (unpaired) electrons. The van der Waals surface area contributed by atoms with Crippen molar-refractivity contribution >= 4 is 5.97 Å². The number of esters is 1. The predicted molar refractivity (Wildman–Crippen MR) is 73.8 cm³/mol. The zero-order valence-electron chi connectivity index (χ0n) is 11.7. The van der Waals surface area contributed by atoms with Crippen molar-refractivity contribution in [2.75, 3.05) is 6.61 Å². The van der Waals surface area contributed by atoms with Crippen LogP contribution in [0, 0.1) is 12.8 Å². The third-order valence-electron chi connectivity index (χ3n) is 4.02. The maximum atomic E-state index is 11.9. The number of benzene rings is 1. The molecule has 0 heterocycles. The highest BCUT2D eigenvalue weighted by Crippen LogP contribution is 2.38. The molecule has 1 aliphatic carbocycles. The fraction of sp³-hybridized carbons (Fsp3) is 0.562. The summed E-state index contributed by atoms with van der Waals surface area (Å²) in [6.07, 6.45) is 3.01. The van der Waals surface area contributed by atoms with Crippen LogP contribution in [0.25, 0.3) is 0 Å². The molecule has 1 saturated carbocycles. The molecule has 1 aromatic carbocycles. The summed E-state index contributed by atoms with van der Waals surface area (Å²) in [4.78, 5) is 11.9. The molecule has 0 aliphatic heterocycles. The largest absolute Gasteiger partial charge is 0.464 e. The van der Waals surface area contributed by atoms with Gasteiger partial charge in [0.25, 0.3) is 0 Å². The molecule has 1 aromatic rings. The Morgan fingerprint density at radius 2 is 2.11 bits per heavy atom. The van der Waals surface area contributed by atoms with Crippen molar-refractivity contribution < 1.29 is 14.6 Å². The van der Waals surface area contributed by atoms with Crippen LogP contribution in [0.5, 0.6) is 0 Å². The smallest absolute Gasteiger partial charge is 0.338 e. The fourth-order valence-corrected chi connectivity index (χ4v) is 2.87. The van der Waals surface area contributed by atoms with Crippen molar-refractivity contribution in [3.8, 4) is 0 Å². The Labute approximate surface area is 114 Å². The van der Waals surface area contributed by atoms with Crippen molar-refractivity contribution in [3.63, 3.8) is 0 Å². The van der Waals surface area contributed by atoms with Gasteiger partial charge in [-0.2, -0.15) is 0 Å². The molecule has 2 unspecified atom stereocenters. The van der Waals surface area contributed by atoms with E-state index in [4.69, 9.17) is 4.74 Å². The zero-order valence-corrected chi connectivity index (χ0v) is 11.7. The lowest BCUT2D eigenvalue weighted by molar-refractivity contribution is -0.169. The Morgan fingerprint density at radius 3 is 2.74 bits per heavy atom. The summed E-state index contributed by atoms with van der Waals surface area (Å²) in [6.45, 7) is 4.14. The van der Waals surface area contributed by atoms with Gasteiger partial charge in [0.1, 0.15) is 0 Å². The molecule has 0 aromatic heterocycles. The maximum absolute atomic E-state index is 11.9. The molecule has 104 valence electrons. The van der Waals surface area contributed by atoms with E-state index in [1.54, 1.807) is 6.92 Å². The second kappa shape index (κ2) is 5.74. The first-order valence-electron chi connectivity index (χ1n) is 7.01. The number of ether oxygens (including phenoxy) is 1. The summed E-state index contributed by atoms with van der Waals surface area (Å²) in [5, 5.41) is 10.6. The van der Waals surface area contributed by atoms with E-state index < -0.39 is 11.6 Å². The van der Waals surface area contributed by atoms with Gasteiger partial charge in [0.15, 0.2) is 5.60 Å². The normalized spacial score (nSPS) is 26.4. The molecule has 0 spiro atoms. The predicted octanol–water partition coefficient (Wildman–Crippen LogP) is 2.63. The molecular weight excluding hydrogens is 240 g/mol. The van der Waals surface area contributed by atoms with Crippen LogP contribution in [0.15, 0.2) is 24.3 Å². The lowest BCUT2D eigenvalue weighted by atomic mass is 9.85. The number of aryl methyl sites for hydroxylation is 1. The fourth-order valence-electron chi connectivity index (χ4n) is 2.87. The number of carbonyl (C=O) groups is 1. The Bertz CT molecular complexity index is 438. The first kappa shape index (κ1) is 14.1. The number of rotatable bonds is 4. The number of hydrogen-bond acceptors (Lipinski definition) is 3. The van der Waals surface area contributed by atoms with Gasteiger partial charge in [-0.3, -0.25) is 0 Å². The summed E-state index contributed by atoms with van der Waals surface area (Å²) < 4.78 is 5.03. The van der Waals surface area contributed by atoms with E-state index in [2.05, 4.69) is 24.3 Å². The van der Waals surface area contributed by atoms with Crippen LogP contribution >= 0.6 is 0 Å². The average Bonchev–Trinajstić information content (AvgIpc) is 2.75. The second-order valence-electron chi connectivity index (χ2n) is 5.42. The zero-order chi connectivity index (χ0) is 13.9. The van der Waals surface area contributed by atoms with E-state index in [1.807, 2.05) is 6.92 Å². The Hall–Kier alpha value is -1.35. The minimum Gasteiger partial charge on any atom is -0.464 e. The SMILES string of the molecule is CCOC(=O)C1(O)CCCC1Cc1ccc(C)cc1. The van der Waals surface area contributed by atoms with Crippen LogP contribution in [0.3, 0.4) is 0 Å². The van der Waals surface area contributed by atoms with E-state index >= 15 is 0 Å². The lowest BCUT2D eigenvalue weighted by Gasteiger charge is -2.27. The minimum atomic E-state index is -1.29. The quantitative estimate of drug-likeness (QED) is 0.848. The van der Waals surface area contributed by atoms with E-state index in [1.165, 1.54) is 11.1 Å². The van der Waals surface area contributed by atoms with E-state index in [-0.39, 0.29) is 5.92 Å². The molecule has 0 saturated heterocycles. The summed E-state index contributed by atoms with van der Waals surface area (Å²) in [5.74, 6) is -0.487. The van der Waals surface area contributed by atoms with E-state index in [9.17, 15) is 9.90 Å².